The van der Waals surface area contributed by atoms with E-state index in [0.717, 1.165) is 11.9 Å². The Balaban J connectivity index is 1.79. The monoisotopic (exact) mass is 298 g/mol. The average molecular weight is 298 g/mol. The van der Waals surface area contributed by atoms with Gasteiger partial charge in [-0.1, -0.05) is 30.3 Å². The van der Waals surface area contributed by atoms with E-state index in [4.69, 9.17) is 0 Å². The van der Waals surface area contributed by atoms with Crippen LogP contribution in [-0.2, 0) is 6.54 Å². The van der Waals surface area contributed by atoms with Gasteiger partial charge in [0, 0.05) is 12.6 Å². The molecule has 0 bridgehead atoms. The third-order valence-corrected chi connectivity index (χ3v) is 3.60. The number of halogens is 1. The molecule has 1 atom stereocenters. The van der Waals surface area contributed by atoms with Gasteiger partial charge in [0.25, 0.3) is 0 Å². The van der Waals surface area contributed by atoms with Gasteiger partial charge in [0.15, 0.2) is 0 Å². The summed E-state index contributed by atoms with van der Waals surface area (Å²) in [5.74, 6) is -1.25. The average Bonchev–Trinajstić information content (AvgIpc) is 2.89. The molecule has 0 amide bonds. The molecule has 0 spiro atoms. The highest BCUT2D eigenvalue weighted by molar-refractivity contribution is 6.46. The van der Waals surface area contributed by atoms with E-state index in [-0.39, 0.29) is 11.6 Å². The van der Waals surface area contributed by atoms with Crippen LogP contribution in [0.15, 0.2) is 48.0 Å². The van der Waals surface area contributed by atoms with Crippen LogP contribution in [0.1, 0.15) is 29.3 Å². The van der Waals surface area contributed by atoms with Gasteiger partial charge in [-0.2, -0.15) is 9.49 Å². The Labute approximate surface area is 127 Å². The SMILES string of the molecule is CC1CC(C(=O)c2cncnc2F)=NN1Cc1ccccc1. The third-order valence-electron chi connectivity index (χ3n) is 3.60. The summed E-state index contributed by atoms with van der Waals surface area (Å²) >= 11 is 0. The molecule has 0 fully saturated rings. The largest absolute Gasteiger partial charge is 0.289 e. The summed E-state index contributed by atoms with van der Waals surface area (Å²) in [5, 5.41) is 6.21. The maximum atomic E-state index is 13.6. The van der Waals surface area contributed by atoms with E-state index in [9.17, 15) is 9.18 Å². The van der Waals surface area contributed by atoms with Crippen LogP contribution in [0.2, 0.25) is 0 Å². The first-order valence-corrected chi connectivity index (χ1v) is 7.03. The number of carbonyl (C=O) groups is 1. The Kier molecular flexibility index (Phi) is 3.91. The van der Waals surface area contributed by atoms with E-state index >= 15 is 0 Å². The number of carbonyl (C=O) groups excluding carboxylic acids is 1. The summed E-state index contributed by atoms with van der Waals surface area (Å²) < 4.78 is 13.6. The molecule has 112 valence electrons. The second-order valence-corrected chi connectivity index (χ2v) is 5.24. The second kappa shape index (κ2) is 6.01. The van der Waals surface area contributed by atoms with Crippen molar-refractivity contribution in [2.45, 2.75) is 25.9 Å². The lowest BCUT2D eigenvalue weighted by molar-refractivity contribution is 0.105. The van der Waals surface area contributed by atoms with E-state index in [2.05, 4.69) is 15.1 Å². The van der Waals surface area contributed by atoms with Crippen LogP contribution in [0.3, 0.4) is 0 Å². The molecule has 1 aromatic heterocycles. The summed E-state index contributed by atoms with van der Waals surface area (Å²) in [5.41, 5.74) is 1.33. The van der Waals surface area contributed by atoms with Crippen molar-refractivity contribution in [3.63, 3.8) is 0 Å². The molecule has 0 aliphatic carbocycles. The maximum absolute atomic E-state index is 13.6. The zero-order valence-electron chi connectivity index (χ0n) is 12.1. The van der Waals surface area contributed by atoms with Crippen molar-refractivity contribution < 1.29 is 9.18 Å². The second-order valence-electron chi connectivity index (χ2n) is 5.24. The molecule has 5 nitrogen and oxygen atoms in total. The summed E-state index contributed by atoms with van der Waals surface area (Å²) in [6, 6.07) is 9.98. The van der Waals surface area contributed by atoms with Crippen molar-refractivity contribution in [1.29, 1.82) is 0 Å². The molecule has 1 aliphatic rings. The first-order chi connectivity index (χ1) is 10.6. The highest BCUT2D eigenvalue weighted by Gasteiger charge is 2.29. The number of hydrogen-bond donors (Lipinski definition) is 0. The molecule has 2 aromatic rings. The molecule has 1 aliphatic heterocycles. The van der Waals surface area contributed by atoms with E-state index < -0.39 is 11.7 Å². The fourth-order valence-corrected chi connectivity index (χ4v) is 2.40. The van der Waals surface area contributed by atoms with Gasteiger partial charge in [-0.05, 0) is 12.5 Å². The quantitative estimate of drug-likeness (QED) is 0.642. The third kappa shape index (κ3) is 2.86. The lowest BCUT2D eigenvalue weighted by atomic mass is 10.0. The van der Waals surface area contributed by atoms with Gasteiger partial charge < -0.3 is 0 Å². The van der Waals surface area contributed by atoms with Crippen LogP contribution < -0.4 is 0 Å². The van der Waals surface area contributed by atoms with Crippen LogP contribution in [0.25, 0.3) is 0 Å². The Morgan fingerprint density at radius 1 is 1.36 bits per heavy atom. The Morgan fingerprint density at radius 3 is 2.86 bits per heavy atom. The predicted molar refractivity (Wildman–Crippen MR) is 79.8 cm³/mol. The van der Waals surface area contributed by atoms with Crippen molar-refractivity contribution in [3.05, 3.63) is 59.9 Å². The summed E-state index contributed by atoms with van der Waals surface area (Å²) in [6.07, 6.45) is 2.75. The zero-order chi connectivity index (χ0) is 15.5. The number of ketones is 1. The van der Waals surface area contributed by atoms with E-state index in [1.807, 2.05) is 42.3 Å². The molecule has 6 heteroatoms. The lowest BCUT2D eigenvalue weighted by Gasteiger charge is -2.19. The fourth-order valence-electron chi connectivity index (χ4n) is 2.40. The normalized spacial score (nSPS) is 17.5. The smallest absolute Gasteiger partial charge is 0.227 e. The number of rotatable bonds is 4. The van der Waals surface area contributed by atoms with Gasteiger partial charge in [-0.15, -0.1) is 0 Å². The summed E-state index contributed by atoms with van der Waals surface area (Å²) in [7, 11) is 0. The van der Waals surface area contributed by atoms with Crippen LogP contribution in [-0.4, -0.2) is 32.5 Å². The molecule has 2 heterocycles. The van der Waals surface area contributed by atoms with Gasteiger partial charge in [0.2, 0.25) is 11.7 Å². The van der Waals surface area contributed by atoms with Gasteiger partial charge in [-0.3, -0.25) is 9.80 Å². The predicted octanol–water partition coefficient (Wildman–Crippen LogP) is 2.45. The maximum Gasteiger partial charge on any atom is 0.227 e. The first kappa shape index (κ1) is 14.3. The minimum atomic E-state index is -0.808. The van der Waals surface area contributed by atoms with Crippen molar-refractivity contribution in [2.24, 2.45) is 5.10 Å². The molecule has 0 N–H and O–H groups in total. The van der Waals surface area contributed by atoms with E-state index in [1.165, 1.54) is 6.20 Å². The van der Waals surface area contributed by atoms with E-state index in [0.29, 0.717) is 18.7 Å². The molecule has 0 saturated carbocycles. The van der Waals surface area contributed by atoms with Crippen molar-refractivity contribution in [3.8, 4) is 0 Å². The van der Waals surface area contributed by atoms with Gasteiger partial charge in [0.1, 0.15) is 12.0 Å². The Bertz CT molecular complexity index is 717. The molecule has 1 aromatic carbocycles. The highest BCUT2D eigenvalue weighted by atomic mass is 19.1. The van der Waals surface area contributed by atoms with Gasteiger partial charge >= 0.3 is 0 Å². The molecular weight excluding hydrogens is 283 g/mol. The molecular formula is C16H15FN4O. The Morgan fingerprint density at radius 2 is 2.14 bits per heavy atom. The fraction of sp³-hybridized carbons (Fsp3) is 0.250. The van der Waals surface area contributed by atoms with Crippen LogP contribution >= 0.6 is 0 Å². The van der Waals surface area contributed by atoms with Crippen molar-refractivity contribution in [2.75, 3.05) is 0 Å². The summed E-state index contributed by atoms with van der Waals surface area (Å²) in [4.78, 5) is 19.4. The van der Waals surface area contributed by atoms with Crippen LogP contribution in [0.4, 0.5) is 4.39 Å². The number of hydrazone groups is 1. The zero-order valence-corrected chi connectivity index (χ0v) is 12.1. The highest BCUT2D eigenvalue weighted by Crippen LogP contribution is 2.20. The topological polar surface area (TPSA) is 58.5 Å². The van der Waals surface area contributed by atoms with Crippen LogP contribution in [0, 0.1) is 5.95 Å². The summed E-state index contributed by atoms with van der Waals surface area (Å²) in [6.45, 7) is 2.61. The molecule has 0 radical (unpaired) electrons. The minimum absolute atomic E-state index is 0.0897. The van der Waals surface area contributed by atoms with E-state index in [1.54, 1.807) is 0 Å². The first-order valence-electron chi connectivity index (χ1n) is 7.03. The molecule has 0 saturated heterocycles. The van der Waals surface area contributed by atoms with Gasteiger partial charge in [-0.25, -0.2) is 9.97 Å². The molecule has 22 heavy (non-hydrogen) atoms. The lowest BCUT2D eigenvalue weighted by Crippen LogP contribution is -2.23. The standard InChI is InChI=1S/C16H15FN4O/c1-11-7-14(15(22)13-8-18-10-19-16(13)17)20-21(11)9-12-5-3-2-4-6-12/h2-6,8,10-11H,7,9H2,1H3. The minimum Gasteiger partial charge on any atom is -0.289 e. The van der Waals surface area contributed by atoms with Crippen LogP contribution in [0.5, 0.6) is 0 Å². The van der Waals surface area contributed by atoms with Crippen molar-refractivity contribution in [1.82, 2.24) is 15.0 Å². The number of benzene rings is 1. The molecule has 1 unspecified atom stereocenters. The number of nitrogens with zero attached hydrogens (tertiary/aromatic N) is 4. The number of Topliss-reactive ketones (excluding diaryl/α,β-unsaturated/α-hetero) is 1. The van der Waals surface area contributed by atoms with Gasteiger partial charge in [0.05, 0.1) is 18.2 Å². The number of hydrogen-bond acceptors (Lipinski definition) is 5. The number of aromatic nitrogens is 2. The van der Waals surface area contributed by atoms with Crippen molar-refractivity contribution >= 4 is 11.5 Å². The molecule has 3 rings (SSSR count). The Hall–Kier alpha value is -2.63.